The summed E-state index contributed by atoms with van der Waals surface area (Å²) in [7, 11) is 0. The number of amides is 2. The van der Waals surface area contributed by atoms with Gasteiger partial charge in [-0.2, -0.15) is 0 Å². The number of hydrogen-bond donors (Lipinski definition) is 0. The third-order valence-electron chi connectivity index (χ3n) is 2.32. The van der Waals surface area contributed by atoms with E-state index >= 15 is 0 Å². The van der Waals surface area contributed by atoms with Crippen LogP contribution in [-0.2, 0) is 16.1 Å². The van der Waals surface area contributed by atoms with E-state index in [-0.39, 0.29) is 11.8 Å². The first-order chi connectivity index (χ1) is 8.16. The van der Waals surface area contributed by atoms with E-state index in [0.29, 0.717) is 6.54 Å². The zero-order valence-corrected chi connectivity index (χ0v) is 10.4. The van der Waals surface area contributed by atoms with Gasteiger partial charge in [-0.05, 0) is 12.5 Å². The van der Waals surface area contributed by atoms with Gasteiger partial charge >= 0.3 is 0 Å². The summed E-state index contributed by atoms with van der Waals surface area (Å²) in [6.07, 6.45) is 2.61. The lowest BCUT2D eigenvalue weighted by Crippen LogP contribution is -2.29. The molecule has 1 aliphatic rings. The summed E-state index contributed by atoms with van der Waals surface area (Å²) in [4.78, 5) is 23.8. The second kappa shape index (κ2) is 5.99. The molecule has 3 nitrogen and oxygen atoms in total. The minimum atomic E-state index is -0.235. The number of benzene rings is 1. The maximum absolute atomic E-state index is 11.3. The van der Waals surface area contributed by atoms with Crippen LogP contribution in [0.4, 0.5) is 0 Å². The third kappa shape index (κ3) is 3.28. The highest BCUT2D eigenvalue weighted by Crippen LogP contribution is 2.11. The van der Waals surface area contributed by atoms with E-state index in [1.165, 1.54) is 17.1 Å². The summed E-state index contributed by atoms with van der Waals surface area (Å²) in [6.45, 7) is 6.34. The first kappa shape index (κ1) is 13.2. The lowest BCUT2D eigenvalue weighted by molar-refractivity contribution is -0.137. The van der Waals surface area contributed by atoms with Crippen LogP contribution in [0.15, 0.2) is 36.4 Å². The molecule has 1 aliphatic heterocycles. The van der Waals surface area contributed by atoms with Crippen LogP contribution < -0.4 is 0 Å². The van der Waals surface area contributed by atoms with Crippen LogP contribution in [0.3, 0.4) is 0 Å². The van der Waals surface area contributed by atoms with Crippen LogP contribution in [0, 0.1) is 6.92 Å². The Bertz CT molecular complexity index is 431. The molecule has 2 rings (SSSR count). The number of carbonyl (C=O) groups excluding carboxylic acids is 2. The van der Waals surface area contributed by atoms with Crippen molar-refractivity contribution in [2.24, 2.45) is 0 Å². The van der Waals surface area contributed by atoms with Crippen LogP contribution in [0.5, 0.6) is 0 Å². The molecule has 0 bridgehead atoms. The van der Waals surface area contributed by atoms with Gasteiger partial charge in [0.25, 0.3) is 11.8 Å². The monoisotopic (exact) mass is 231 g/mol. The van der Waals surface area contributed by atoms with E-state index in [9.17, 15) is 9.59 Å². The van der Waals surface area contributed by atoms with Gasteiger partial charge < -0.3 is 0 Å². The van der Waals surface area contributed by atoms with E-state index in [0.717, 1.165) is 11.1 Å². The molecule has 17 heavy (non-hydrogen) atoms. The van der Waals surface area contributed by atoms with Gasteiger partial charge in [0.05, 0.1) is 6.54 Å². The molecule has 0 radical (unpaired) electrons. The second-order valence-electron chi connectivity index (χ2n) is 3.59. The van der Waals surface area contributed by atoms with Gasteiger partial charge in [-0.3, -0.25) is 14.5 Å². The molecule has 0 unspecified atom stereocenters. The molecule has 0 saturated heterocycles. The molecule has 1 aromatic rings. The molecule has 1 aromatic carbocycles. The van der Waals surface area contributed by atoms with E-state index in [2.05, 4.69) is 0 Å². The molecule has 0 saturated carbocycles. The first-order valence-electron chi connectivity index (χ1n) is 5.76. The van der Waals surface area contributed by atoms with Crippen molar-refractivity contribution in [3.63, 3.8) is 0 Å². The standard InChI is InChI=1S/C12H11NO2.C2H6/c1-9-3-2-4-10(7-9)8-13-11(14)5-6-12(13)15;1-2/h2-7H,8H2,1H3;1-2H3. The molecule has 1 heterocycles. The lowest BCUT2D eigenvalue weighted by atomic mass is 10.1. The van der Waals surface area contributed by atoms with Crippen molar-refractivity contribution in [2.75, 3.05) is 0 Å². The van der Waals surface area contributed by atoms with Crippen molar-refractivity contribution in [2.45, 2.75) is 27.3 Å². The van der Waals surface area contributed by atoms with E-state index in [1.807, 2.05) is 45.0 Å². The summed E-state index contributed by atoms with van der Waals surface area (Å²) in [5.41, 5.74) is 2.10. The van der Waals surface area contributed by atoms with Crippen LogP contribution in [0.1, 0.15) is 25.0 Å². The summed E-state index contributed by atoms with van der Waals surface area (Å²) < 4.78 is 0. The predicted molar refractivity (Wildman–Crippen MR) is 67.2 cm³/mol. The number of imide groups is 1. The summed E-state index contributed by atoms with van der Waals surface area (Å²) in [6, 6.07) is 7.78. The SMILES string of the molecule is CC.Cc1cccc(CN2C(=O)C=CC2=O)c1. The highest BCUT2D eigenvalue weighted by molar-refractivity contribution is 6.12. The van der Waals surface area contributed by atoms with Gasteiger partial charge in [0.2, 0.25) is 0 Å². The fourth-order valence-electron chi connectivity index (χ4n) is 1.58. The summed E-state index contributed by atoms with van der Waals surface area (Å²) in [5.74, 6) is -0.469. The molecule has 0 aromatic heterocycles. The molecule has 3 heteroatoms. The van der Waals surface area contributed by atoms with Crippen LogP contribution in [0.2, 0.25) is 0 Å². The van der Waals surface area contributed by atoms with Gasteiger partial charge in [0.1, 0.15) is 0 Å². The Morgan fingerprint density at radius 3 is 2.18 bits per heavy atom. The zero-order chi connectivity index (χ0) is 12.8. The molecular weight excluding hydrogens is 214 g/mol. The van der Waals surface area contributed by atoms with Crippen molar-refractivity contribution in [3.8, 4) is 0 Å². The Labute approximate surface area is 102 Å². The predicted octanol–water partition coefficient (Wildman–Crippen LogP) is 2.45. The molecule has 90 valence electrons. The summed E-state index contributed by atoms with van der Waals surface area (Å²) in [5, 5.41) is 0. The average Bonchev–Trinajstić information content (AvgIpc) is 2.64. The van der Waals surface area contributed by atoms with Crippen molar-refractivity contribution in [1.82, 2.24) is 4.90 Å². The maximum Gasteiger partial charge on any atom is 0.253 e. The highest BCUT2D eigenvalue weighted by Gasteiger charge is 2.22. The van der Waals surface area contributed by atoms with Gasteiger partial charge in [0.15, 0.2) is 0 Å². The van der Waals surface area contributed by atoms with Gasteiger partial charge in [-0.25, -0.2) is 0 Å². The number of nitrogens with zero attached hydrogens (tertiary/aromatic N) is 1. The minimum absolute atomic E-state index is 0.235. The van der Waals surface area contributed by atoms with E-state index in [1.54, 1.807) is 0 Å². The first-order valence-corrected chi connectivity index (χ1v) is 5.76. The number of hydrogen-bond acceptors (Lipinski definition) is 2. The Balaban J connectivity index is 0.000000686. The second-order valence-corrected chi connectivity index (χ2v) is 3.59. The van der Waals surface area contributed by atoms with Crippen molar-refractivity contribution >= 4 is 11.8 Å². The highest BCUT2D eigenvalue weighted by atomic mass is 16.2. The smallest absolute Gasteiger partial charge is 0.253 e. The molecule has 0 fully saturated rings. The summed E-state index contributed by atoms with van der Waals surface area (Å²) >= 11 is 0. The van der Waals surface area contributed by atoms with Crippen LogP contribution in [0.25, 0.3) is 0 Å². The molecule has 0 spiro atoms. The quantitative estimate of drug-likeness (QED) is 0.733. The van der Waals surface area contributed by atoms with E-state index in [4.69, 9.17) is 0 Å². The minimum Gasteiger partial charge on any atom is -0.271 e. The number of carbonyl (C=O) groups is 2. The maximum atomic E-state index is 11.3. The van der Waals surface area contributed by atoms with Crippen LogP contribution >= 0.6 is 0 Å². The van der Waals surface area contributed by atoms with Crippen molar-refractivity contribution in [1.29, 1.82) is 0 Å². The van der Waals surface area contributed by atoms with Gasteiger partial charge in [0, 0.05) is 12.2 Å². The van der Waals surface area contributed by atoms with E-state index < -0.39 is 0 Å². The molecule has 0 N–H and O–H groups in total. The van der Waals surface area contributed by atoms with Crippen molar-refractivity contribution < 1.29 is 9.59 Å². The number of aryl methyl sites for hydroxylation is 1. The van der Waals surface area contributed by atoms with Gasteiger partial charge in [-0.15, -0.1) is 0 Å². The largest absolute Gasteiger partial charge is 0.271 e. The molecule has 0 aliphatic carbocycles. The third-order valence-corrected chi connectivity index (χ3v) is 2.32. The van der Waals surface area contributed by atoms with Gasteiger partial charge in [-0.1, -0.05) is 43.7 Å². The number of rotatable bonds is 2. The zero-order valence-electron chi connectivity index (χ0n) is 10.4. The lowest BCUT2D eigenvalue weighted by Gasteiger charge is -2.13. The van der Waals surface area contributed by atoms with Crippen molar-refractivity contribution in [3.05, 3.63) is 47.5 Å². The Morgan fingerprint density at radius 1 is 1.06 bits per heavy atom. The fraction of sp³-hybridized carbons (Fsp3) is 0.286. The molecular formula is C14H17NO2. The Hall–Kier alpha value is -1.90. The van der Waals surface area contributed by atoms with Crippen LogP contribution in [-0.4, -0.2) is 16.7 Å². The molecule has 2 amide bonds. The Morgan fingerprint density at radius 2 is 1.65 bits per heavy atom. The molecule has 0 atom stereocenters. The topological polar surface area (TPSA) is 37.4 Å². The fourth-order valence-corrected chi connectivity index (χ4v) is 1.58. The normalized spacial score (nSPS) is 13.7. The Kier molecular flexibility index (Phi) is 4.64. The average molecular weight is 231 g/mol.